The Balaban J connectivity index is 2.10. The summed E-state index contributed by atoms with van der Waals surface area (Å²) < 4.78 is 15.9. The Morgan fingerprint density at radius 1 is 1.12 bits per heavy atom. The van der Waals surface area contributed by atoms with E-state index < -0.39 is 0 Å². The average molecular weight is 337 g/mol. The number of carbonyl (C=O) groups excluding carboxylic acids is 1. The third-order valence-electron chi connectivity index (χ3n) is 4.47. The van der Waals surface area contributed by atoms with E-state index in [2.05, 4.69) is 17.3 Å². The van der Waals surface area contributed by atoms with Gasteiger partial charge >= 0.3 is 6.03 Å². The highest BCUT2D eigenvalue weighted by molar-refractivity contribution is 5.90. The third-order valence-corrected chi connectivity index (χ3v) is 4.47. The number of carbonyl (C=O) groups is 1. The van der Waals surface area contributed by atoms with Gasteiger partial charge in [0.05, 0.1) is 27.0 Å². The zero-order valence-electron chi connectivity index (χ0n) is 15.1. The number of ether oxygens (including phenoxy) is 3. The maximum atomic E-state index is 12.5. The van der Waals surface area contributed by atoms with Crippen molar-refractivity contribution in [2.24, 2.45) is 0 Å². The van der Waals surface area contributed by atoms with Crippen molar-refractivity contribution in [3.63, 3.8) is 0 Å². The van der Waals surface area contributed by atoms with E-state index in [1.165, 1.54) is 0 Å². The molecule has 0 atom stereocenters. The van der Waals surface area contributed by atoms with Gasteiger partial charge < -0.3 is 29.3 Å². The van der Waals surface area contributed by atoms with E-state index >= 15 is 0 Å². The van der Waals surface area contributed by atoms with E-state index in [4.69, 9.17) is 14.2 Å². The molecule has 24 heavy (non-hydrogen) atoms. The summed E-state index contributed by atoms with van der Waals surface area (Å²) in [6.07, 6.45) is 1.96. The molecule has 0 bridgehead atoms. The van der Waals surface area contributed by atoms with E-state index in [0.29, 0.717) is 22.9 Å². The lowest BCUT2D eigenvalue weighted by Crippen LogP contribution is -2.46. The number of nitrogens with zero attached hydrogens (tertiary/aromatic N) is 2. The van der Waals surface area contributed by atoms with E-state index in [1.807, 2.05) is 7.05 Å². The first kappa shape index (κ1) is 18.2. The van der Waals surface area contributed by atoms with Crippen molar-refractivity contribution >= 4 is 11.7 Å². The van der Waals surface area contributed by atoms with Crippen molar-refractivity contribution in [3.05, 3.63) is 12.1 Å². The van der Waals surface area contributed by atoms with Crippen LogP contribution in [0.3, 0.4) is 0 Å². The predicted octanol–water partition coefficient (Wildman–Crippen LogP) is 2.27. The number of hydrogen-bond acceptors (Lipinski definition) is 5. The fourth-order valence-electron chi connectivity index (χ4n) is 2.91. The van der Waals surface area contributed by atoms with E-state index in [1.54, 1.807) is 38.4 Å². The summed E-state index contributed by atoms with van der Waals surface area (Å²) in [5.74, 6) is 1.52. The highest BCUT2D eigenvalue weighted by Crippen LogP contribution is 2.40. The summed E-state index contributed by atoms with van der Waals surface area (Å²) in [4.78, 5) is 16.6. The molecule has 1 aromatic rings. The number of benzene rings is 1. The number of anilines is 1. The molecule has 2 rings (SSSR count). The Morgan fingerprint density at radius 3 is 2.12 bits per heavy atom. The average Bonchev–Trinajstić information content (AvgIpc) is 2.60. The molecule has 1 aliphatic rings. The summed E-state index contributed by atoms with van der Waals surface area (Å²) >= 11 is 0. The number of piperidine rings is 1. The second-order valence-corrected chi connectivity index (χ2v) is 5.99. The first-order chi connectivity index (χ1) is 11.5. The Kier molecular flexibility index (Phi) is 6.14. The van der Waals surface area contributed by atoms with E-state index in [9.17, 15) is 4.79 Å². The van der Waals surface area contributed by atoms with Gasteiger partial charge in [0, 0.05) is 25.2 Å². The summed E-state index contributed by atoms with van der Waals surface area (Å²) in [5, 5.41) is 2.91. The molecule has 1 fully saturated rings. The Labute approximate surface area is 143 Å². The molecule has 0 unspecified atom stereocenters. The van der Waals surface area contributed by atoms with Crippen LogP contribution in [-0.4, -0.2) is 70.4 Å². The fraction of sp³-hybridized carbons (Fsp3) is 0.588. The van der Waals surface area contributed by atoms with Crippen molar-refractivity contribution in [1.29, 1.82) is 0 Å². The minimum atomic E-state index is -0.140. The van der Waals surface area contributed by atoms with E-state index in [-0.39, 0.29) is 12.1 Å². The first-order valence-corrected chi connectivity index (χ1v) is 8.02. The molecule has 1 N–H and O–H groups in total. The lowest BCUT2D eigenvalue weighted by molar-refractivity contribution is 0.156. The number of rotatable bonds is 5. The van der Waals surface area contributed by atoms with Crippen LogP contribution in [0.5, 0.6) is 17.2 Å². The Hall–Kier alpha value is -2.15. The van der Waals surface area contributed by atoms with Gasteiger partial charge in [-0.15, -0.1) is 0 Å². The molecule has 134 valence electrons. The second kappa shape index (κ2) is 8.10. The van der Waals surface area contributed by atoms with Gasteiger partial charge in [-0.1, -0.05) is 0 Å². The zero-order chi connectivity index (χ0) is 17.7. The van der Waals surface area contributed by atoms with Crippen LogP contribution in [0.4, 0.5) is 10.5 Å². The minimum Gasteiger partial charge on any atom is -0.493 e. The molecule has 7 heteroatoms. The highest BCUT2D eigenvalue weighted by Gasteiger charge is 2.24. The lowest BCUT2D eigenvalue weighted by atomic mass is 10.0. The number of methoxy groups -OCH3 is 3. The third kappa shape index (κ3) is 4.03. The molecule has 0 spiro atoms. The SMILES string of the molecule is COc1cc(NC(=O)N(C)C2CCN(C)CC2)cc(OC)c1OC. The number of amides is 2. The monoisotopic (exact) mass is 337 g/mol. The van der Waals surface area contributed by atoms with Crippen LogP contribution in [0, 0.1) is 0 Å². The number of hydrogen-bond donors (Lipinski definition) is 1. The van der Waals surface area contributed by atoms with Crippen LogP contribution in [0.15, 0.2) is 12.1 Å². The van der Waals surface area contributed by atoms with E-state index in [0.717, 1.165) is 25.9 Å². The van der Waals surface area contributed by atoms with Crippen LogP contribution in [0.2, 0.25) is 0 Å². The summed E-state index contributed by atoms with van der Waals surface area (Å²) in [6, 6.07) is 3.56. The second-order valence-electron chi connectivity index (χ2n) is 5.99. The summed E-state index contributed by atoms with van der Waals surface area (Å²) in [6.45, 7) is 2.01. The topological polar surface area (TPSA) is 63.3 Å². The first-order valence-electron chi connectivity index (χ1n) is 8.02. The predicted molar refractivity (Wildman–Crippen MR) is 93.4 cm³/mol. The smallest absolute Gasteiger partial charge is 0.321 e. The summed E-state index contributed by atoms with van der Waals surface area (Å²) in [7, 11) is 8.59. The van der Waals surface area contributed by atoms with Gasteiger partial charge in [0.1, 0.15) is 0 Å². The quantitative estimate of drug-likeness (QED) is 0.893. The van der Waals surface area contributed by atoms with Crippen LogP contribution in [0.25, 0.3) is 0 Å². The molecule has 2 amide bonds. The maximum absolute atomic E-state index is 12.5. The number of nitrogens with one attached hydrogen (secondary N) is 1. The Morgan fingerprint density at radius 2 is 1.67 bits per heavy atom. The van der Waals surface area contributed by atoms with Crippen molar-refractivity contribution in [1.82, 2.24) is 9.80 Å². The van der Waals surface area contributed by atoms with Gasteiger partial charge in [0.2, 0.25) is 5.75 Å². The molecule has 7 nitrogen and oxygen atoms in total. The van der Waals surface area contributed by atoms with Crippen molar-refractivity contribution in [3.8, 4) is 17.2 Å². The van der Waals surface area contributed by atoms with Gasteiger partial charge in [0.25, 0.3) is 0 Å². The van der Waals surface area contributed by atoms with Gasteiger partial charge in [-0.25, -0.2) is 4.79 Å². The molecule has 0 radical (unpaired) electrons. The lowest BCUT2D eigenvalue weighted by Gasteiger charge is -2.35. The van der Waals surface area contributed by atoms with Crippen LogP contribution in [-0.2, 0) is 0 Å². The molecule has 1 heterocycles. The number of likely N-dealkylation sites (tertiary alicyclic amines) is 1. The fourth-order valence-corrected chi connectivity index (χ4v) is 2.91. The van der Waals surface area contributed by atoms with Gasteiger partial charge in [-0.2, -0.15) is 0 Å². The molecular weight excluding hydrogens is 310 g/mol. The van der Waals surface area contributed by atoms with Gasteiger partial charge in [-0.3, -0.25) is 0 Å². The summed E-state index contributed by atoms with van der Waals surface area (Å²) in [5.41, 5.74) is 0.606. The van der Waals surface area contributed by atoms with Crippen LogP contribution >= 0.6 is 0 Å². The molecule has 0 saturated carbocycles. The molecule has 1 aliphatic heterocycles. The van der Waals surface area contributed by atoms with Crippen molar-refractivity contribution < 1.29 is 19.0 Å². The molecule has 0 aromatic heterocycles. The normalized spacial score (nSPS) is 15.7. The zero-order valence-corrected chi connectivity index (χ0v) is 15.1. The number of urea groups is 1. The highest BCUT2D eigenvalue weighted by atomic mass is 16.5. The standard InChI is InChI=1S/C17H27N3O4/c1-19-8-6-13(7-9-19)20(2)17(21)18-12-10-14(22-3)16(24-5)15(11-12)23-4/h10-11,13H,6-9H2,1-5H3,(H,18,21). The van der Waals surface area contributed by atoms with Crippen molar-refractivity contribution in [2.75, 3.05) is 53.8 Å². The van der Waals surface area contributed by atoms with Gasteiger partial charge in [0.15, 0.2) is 11.5 Å². The molecule has 1 aromatic carbocycles. The van der Waals surface area contributed by atoms with Crippen molar-refractivity contribution in [2.45, 2.75) is 18.9 Å². The van der Waals surface area contributed by atoms with Crippen LogP contribution < -0.4 is 19.5 Å². The Bertz CT molecular complexity index is 546. The van der Waals surface area contributed by atoms with Gasteiger partial charge in [-0.05, 0) is 33.0 Å². The molecule has 1 saturated heterocycles. The van der Waals surface area contributed by atoms with Crippen LogP contribution in [0.1, 0.15) is 12.8 Å². The largest absolute Gasteiger partial charge is 0.493 e. The molecular formula is C17H27N3O4. The maximum Gasteiger partial charge on any atom is 0.321 e. The minimum absolute atomic E-state index is 0.140. The molecule has 0 aliphatic carbocycles.